The van der Waals surface area contributed by atoms with Crippen LogP contribution in [0.1, 0.15) is 16.8 Å². The van der Waals surface area contributed by atoms with Crippen molar-refractivity contribution in [2.45, 2.75) is 6.42 Å². The van der Waals surface area contributed by atoms with E-state index in [2.05, 4.69) is 0 Å². The van der Waals surface area contributed by atoms with E-state index in [0.29, 0.717) is 5.75 Å². The molecule has 1 rings (SSSR count). The lowest BCUT2D eigenvalue weighted by atomic mass is 10.1. The van der Waals surface area contributed by atoms with Crippen molar-refractivity contribution < 1.29 is 19.4 Å². The van der Waals surface area contributed by atoms with Gasteiger partial charge in [0.25, 0.3) is 0 Å². The second kappa shape index (κ2) is 5.18. The molecule has 0 spiro atoms. The maximum atomic E-state index is 11.5. The number of ether oxygens (including phenoxy) is 1. The molecule has 1 aromatic rings. The minimum absolute atomic E-state index is 0.00673. The van der Waals surface area contributed by atoms with E-state index in [9.17, 15) is 9.59 Å². The van der Waals surface area contributed by atoms with Crippen molar-refractivity contribution in [3.8, 4) is 5.75 Å². The molecular formula is C10H8Cl2O4. The van der Waals surface area contributed by atoms with Crippen molar-refractivity contribution in [1.82, 2.24) is 0 Å². The predicted molar refractivity (Wildman–Crippen MR) is 59.6 cm³/mol. The fourth-order valence-electron chi connectivity index (χ4n) is 1.14. The number of rotatable bonds is 4. The van der Waals surface area contributed by atoms with E-state index < -0.39 is 18.2 Å². The quantitative estimate of drug-likeness (QED) is 0.670. The van der Waals surface area contributed by atoms with Crippen molar-refractivity contribution in [2.24, 2.45) is 0 Å². The number of hydrogen-bond donors (Lipinski definition) is 1. The lowest BCUT2D eigenvalue weighted by Gasteiger charge is -2.07. The Bertz CT molecular complexity index is 443. The largest absolute Gasteiger partial charge is 0.495 e. The molecule has 0 aromatic heterocycles. The van der Waals surface area contributed by atoms with Crippen LogP contribution in [0.4, 0.5) is 0 Å². The highest BCUT2D eigenvalue weighted by molar-refractivity contribution is 6.45. The Morgan fingerprint density at radius 1 is 1.31 bits per heavy atom. The van der Waals surface area contributed by atoms with Crippen LogP contribution >= 0.6 is 23.2 Å². The van der Waals surface area contributed by atoms with E-state index >= 15 is 0 Å². The molecule has 0 radical (unpaired) electrons. The normalized spacial score (nSPS) is 9.94. The Kier molecular flexibility index (Phi) is 4.15. The summed E-state index contributed by atoms with van der Waals surface area (Å²) in [6, 6.07) is 2.85. The van der Waals surface area contributed by atoms with Crippen molar-refractivity contribution in [2.75, 3.05) is 7.11 Å². The molecule has 0 aliphatic carbocycles. The summed E-state index contributed by atoms with van der Waals surface area (Å²) in [5, 5.41) is 8.59. The monoisotopic (exact) mass is 262 g/mol. The zero-order valence-electron chi connectivity index (χ0n) is 8.29. The third-order valence-corrected chi connectivity index (χ3v) is 2.74. The minimum atomic E-state index is -1.21. The first kappa shape index (κ1) is 12.8. The molecule has 0 amide bonds. The summed E-state index contributed by atoms with van der Waals surface area (Å²) >= 11 is 11.7. The summed E-state index contributed by atoms with van der Waals surface area (Å²) in [6.45, 7) is 0. The molecule has 1 aromatic carbocycles. The Morgan fingerprint density at radius 2 is 1.94 bits per heavy atom. The van der Waals surface area contributed by atoms with Gasteiger partial charge in [-0.25, -0.2) is 0 Å². The molecule has 0 unspecified atom stereocenters. The van der Waals surface area contributed by atoms with E-state index in [4.69, 9.17) is 33.0 Å². The van der Waals surface area contributed by atoms with Crippen LogP contribution in [0.5, 0.6) is 5.75 Å². The molecule has 0 heterocycles. The number of ketones is 1. The molecule has 0 aliphatic rings. The van der Waals surface area contributed by atoms with Gasteiger partial charge in [0.1, 0.15) is 17.2 Å². The van der Waals surface area contributed by atoms with Crippen LogP contribution in [0.3, 0.4) is 0 Å². The van der Waals surface area contributed by atoms with Crippen LogP contribution < -0.4 is 4.74 Å². The van der Waals surface area contributed by atoms with Gasteiger partial charge in [0.15, 0.2) is 5.78 Å². The molecule has 0 atom stereocenters. The number of methoxy groups -OCH3 is 1. The van der Waals surface area contributed by atoms with E-state index in [1.807, 2.05) is 0 Å². The van der Waals surface area contributed by atoms with Crippen LogP contribution in [0, 0.1) is 0 Å². The van der Waals surface area contributed by atoms with E-state index in [1.165, 1.54) is 19.2 Å². The number of benzene rings is 1. The van der Waals surface area contributed by atoms with Gasteiger partial charge in [0.05, 0.1) is 12.1 Å². The smallest absolute Gasteiger partial charge is 0.311 e. The van der Waals surface area contributed by atoms with Crippen LogP contribution in [0.25, 0.3) is 0 Å². The Balaban J connectivity index is 3.12. The summed E-state index contributed by atoms with van der Waals surface area (Å²) in [4.78, 5) is 21.8. The maximum absolute atomic E-state index is 11.5. The SMILES string of the molecule is COc1ccc(C(=O)CC(=O)O)c(Cl)c1Cl. The van der Waals surface area contributed by atoms with E-state index in [1.54, 1.807) is 0 Å². The van der Waals surface area contributed by atoms with Crippen LogP contribution in [0.15, 0.2) is 12.1 Å². The standard InChI is InChI=1S/C10H8Cl2O4/c1-16-7-3-2-5(9(11)10(7)12)6(13)4-8(14)15/h2-3H,4H2,1H3,(H,14,15). The third-order valence-electron chi connectivity index (χ3n) is 1.88. The first-order valence-corrected chi connectivity index (χ1v) is 5.00. The maximum Gasteiger partial charge on any atom is 0.311 e. The molecule has 16 heavy (non-hydrogen) atoms. The topological polar surface area (TPSA) is 63.6 Å². The third kappa shape index (κ3) is 2.65. The first-order valence-electron chi connectivity index (χ1n) is 4.24. The summed E-state index contributed by atoms with van der Waals surface area (Å²) in [5.74, 6) is -1.48. The van der Waals surface area contributed by atoms with Gasteiger partial charge in [0.2, 0.25) is 0 Å². The highest BCUT2D eigenvalue weighted by Gasteiger charge is 2.18. The molecule has 1 N–H and O–H groups in total. The molecule has 0 aliphatic heterocycles. The van der Waals surface area contributed by atoms with Gasteiger partial charge in [0, 0.05) is 5.56 Å². The molecule has 0 fully saturated rings. The Morgan fingerprint density at radius 3 is 2.44 bits per heavy atom. The van der Waals surface area contributed by atoms with Crippen molar-refractivity contribution in [3.63, 3.8) is 0 Å². The van der Waals surface area contributed by atoms with Gasteiger partial charge >= 0.3 is 5.97 Å². The van der Waals surface area contributed by atoms with Gasteiger partial charge in [-0.2, -0.15) is 0 Å². The van der Waals surface area contributed by atoms with Gasteiger partial charge in [-0.05, 0) is 12.1 Å². The summed E-state index contributed by atoms with van der Waals surface area (Å²) in [7, 11) is 1.41. The molecule has 86 valence electrons. The minimum Gasteiger partial charge on any atom is -0.495 e. The molecule has 0 bridgehead atoms. The summed E-state index contributed by atoms with van der Waals surface area (Å²) < 4.78 is 4.90. The number of carbonyl (C=O) groups excluding carboxylic acids is 1. The van der Waals surface area contributed by atoms with Crippen molar-refractivity contribution in [1.29, 1.82) is 0 Å². The molecule has 6 heteroatoms. The zero-order valence-corrected chi connectivity index (χ0v) is 9.80. The number of carbonyl (C=O) groups is 2. The van der Waals surface area contributed by atoms with Crippen LogP contribution in [-0.2, 0) is 4.79 Å². The first-order chi connectivity index (χ1) is 7.47. The summed E-state index contributed by atoms with van der Waals surface area (Å²) in [5.41, 5.74) is 0.0786. The van der Waals surface area contributed by atoms with Crippen molar-refractivity contribution >= 4 is 35.0 Å². The van der Waals surface area contributed by atoms with Gasteiger partial charge in [-0.15, -0.1) is 0 Å². The molecular weight excluding hydrogens is 255 g/mol. The van der Waals surface area contributed by atoms with Gasteiger partial charge in [-0.1, -0.05) is 23.2 Å². The average molecular weight is 263 g/mol. The van der Waals surface area contributed by atoms with Crippen LogP contribution in [0.2, 0.25) is 10.0 Å². The van der Waals surface area contributed by atoms with Gasteiger partial charge < -0.3 is 9.84 Å². The summed E-state index contributed by atoms with van der Waals surface area (Å²) in [6.07, 6.45) is -0.623. The fourth-order valence-corrected chi connectivity index (χ4v) is 1.64. The number of halogens is 2. The molecule has 4 nitrogen and oxygen atoms in total. The average Bonchev–Trinajstić information content (AvgIpc) is 2.20. The number of carboxylic acid groups (broad SMARTS) is 1. The van der Waals surface area contributed by atoms with Gasteiger partial charge in [-0.3, -0.25) is 9.59 Å². The Hall–Kier alpha value is -1.26. The zero-order chi connectivity index (χ0) is 12.3. The number of carboxylic acids is 1. The lowest BCUT2D eigenvalue weighted by Crippen LogP contribution is -2.07. The molecule has 0 saturated carbocycles. The highest BCUT2D eigenvalue weighted by Crippen LogP contribution is 2.34. The van der Waals surface area contributed by atoms with Crippen LogP contribution in [-0.4, -0.2) is 24.0 Å². The number of aliphatic carboxylic acids is 1. The Labute approximate surface area is 102 Å². The van der Waals surface area contributed by atoms with E-state index in [0.717, 1.165) is 0 Å². The van der Waals surface area contributed by atoms with E-state index in [-0.39, 0.29) is 15.6 Å². The second-order valence-electron chi connectivity index (χ2n) is 2.94. The lowest BCUT2D eigenvalue weighted by molar-refractivity contribution is -0.135. The second-order valence-corrected chi connectivity index (χ2v) is 3.69. The predicted octanol–water partition coefficient (Wildman–Crippen LogP) is 2.66. The van der Waals surface area contributed by atoms with Crippen molar-refractivity contribution in [3.05, 3.63) is 27.7 Å². The highest BCUT2D eigenvalue weighted by atomic mass is 35.5. The number of Topliss-reactive ketones (excluding diaryl/α,β-unsaturated/α-hetero) is 1. The molecule has 0 saturated heterocycles. The number of hydrogen-bond acceptors (Lipinski definition) is 3. The fraction of sp³-hybridized carbons (Fsp3) is 0.200.